The predicted octanol–water partition coefficient (Wildman–Crippen LogP) is 7.14. The average molecular weight is 583 g/mol. The molecule has 0 spiro atoms. The SMILES string of the molecule is COCc1cccc(P(c2ccccc2)c2ccccc2)c1Oc1ccccc1P(c1ccccc1)c1ccccc1. The van der Waals surface area contributed by atoms with E-state index in [4.69, 9.17) is 9.47 Å². The van der Waals surface area contributed by atoms with Crippen molar-refractivity contribution in [2.45, 2.75) is 6.61 Å². The van der Waals surface area contributed by atoms with Crippen LogP contribution in [0.25, 0.3) is 0 Å². The Bertz CT molecular complexity index is 1630. The van der Waals surface area contributed by atoms with Gasteiger partial charge in [0.25, 0.3) is 0 Å². The molecule has 0 aliphatic rings. The number of rotatable bonds is 10. The summed E-state index contributed by atoms with van der Waals surface area (Å²) in [5.41, 5.74) is 1.04. The zero-order valence-electron chi connectivity index (χ0n) is 23.5. The highest BCUT2D eigenvalue weighted by molar-refractivity contribution is 7.80. The van der Waals surface area contributed by atoms with Gasteiger partial charge in [-0.05, 0) is 43.1 Å². The molecule has 6 rings (SSSR count). The maximum absolute atomic E-state index is 7.12. The summed E-state index contributed by atoms with van der Waals surface area (Å²) in [5, 5.41) is 7.50. The van der Waals surface area contributed by atoms with Crippen LogP contribution in [0.15, 0.2) is 164 Å². The minimum atomic E-state index is -0.878. The van der Waals surface area contributed by atoms with E-state index in [0.29, 0.717) is 6.61 Å². The maximum atomic E-state index is 7.12. The van der Waals surface area contributed by atoms with E-state index >= 15 is 0 Å². The number of benzene rings is 6. The van der Waals surface area contributed by atoms with Gasteiger partial charge in [-0.15, -0.1) is 0 Å². The van der Waals surface area contributed by atoms with Gasteiger partial charge in [0.05, 0.1) is 6.61 Å². The topological polar surface area (TPSA) is 18.5 Å². The second-order valence-corrected chi connectivity index (χ2v) is 14.2. The molecule has 0 aliphatic heterocycles. The molecule has 0 aromatic heterocycles. The number of hydrogen-bond donors (Lipinski definition) is 0. The highest BCUT2D eigenvalue weighted by atomic mass is 31.1. The summed E-state index contributed by atoms with van der Waals surface area (Å²) in [6, 6.07) is 58.1. The van der Waals surface area contributed by atoms with Gasteiger partial charge in [-0.2, -0.15) is 0 Å². The Morgan fingerprint density at radius 1 is 0.429 bits per heavy atom. The van der Waals surface area contributed by atoms with Crippen LogP contribution in [0.3, 0.4) is 0 Å². The molecule has 6 aromatic rings. The summed E-state index contributed by atoms with van der Waals surface area (Å²) in [6.45, 7) is 0.463. The number of methoxy groups -OCH3 is 1. The maximum Gasteiger partial charge on any atom is 0.141 e. The van der Waals surface area contributed by atoms with E-state index in [1.165, 1.54) is 31.8 Å². The van der Waals surface area contributed by atoms with Crippen LogP contribution < -0.4 is 36.6 Å². The third-order valence-electron chi connectivity index (χ3n) is 6.99. The normalized spacial score (nSPS) is 11.1. The molecule has 6 aromatic carbocycles. The van der Waals surface area contributed by atoms with Crippen molar-refractivity contribution < 1.29 is 9.47 Å². The van der Waals surface area contributed by atoms with Crippen LogP contribution in [-0.2, 0) is 11.3 Å². The van der Waals surface area contributed by atoms with Crippen LogP contribution in [0.2, 0.25) is 0 Å². The lowest BCUT2D eigenvalue weighted by Crippen LogP contribution is -2.24. The third-order valence-corrected chi connectivity index (χ3v) is 11.9. The quantitative estimate of drug-likeness (QED) is 0.160. The molecule has 0 amide bonds. The van der Waals surface area contributed by atoms with E-state index in [0.717, 1.165) is 17.1 Å². The van der Waals surface area contributed by atoms with E-state index in [-0.39, 0.29) is 0 Å². The molecule has 0 saturated heterocycles. The molecule has 206 valence electrons. The van der Waals surface area contributed by atoms with E-state index in [1.54, 1.807) is 7.11 Å². The fourth-order valence-corrected chi connectivity index (χ4v) is 9.93. The summed E-state index contributed by atoms with van der Waals surface area (Å²) in [6.07, 6.45) is 0. The fourth-order valence-electron chi connectivity index (χ4n) is 5.14. The highest BCUT2D eigenvalue weighted by Gasteiger charge is 2.25. The van der Waals surface area contributed by atoms with E-state index in [1.807, 2.05) is 0 Å². The Labute approximate surface area is 251 Å². The van der Waals surface area contributed by atoms with E-state index in [2.05, 4.69) is 164 Å². The van der Waals surface area contributed by atoms with Gasteiger partial charge in [0, 0.05) is 23.3 Å². The molecule has 0 unspecified atom stereocenters. The molecule has 42 heavy (non-hydrogen) atoms. The van der Waals surface area contributed by atoms with Crippen molar-refractivity contribution in [3.05, 3.63) is 169 Å². The summed E-state index contributed by atoms with van der Waals surface area (Å²) >= 11 is 0. The molecule has 0 bridgehead atoms. The number of hydrogen-bond acceptors (Lipinski definition) is 2. The molecule has 0 radical (unpaired) electrons. The van der Waals surface area contributed by atoms with Crippen molar-refractivity contribution in [3.8, 4) is 11.5 Å². The zero-order valence-corrected chi connectivity index (χ0v) is 25.3. The molecular weight excluding hydrogens is 550 g/mol. The van der Waals surface area contributed by atoms with E-state index < -0.39 is 15.8 Å². The summed E-state index contributed by atoms with van der Waals surface area (Å²) in [7, 11) is 0.0199. The minimum absolute atomic E-state index is 0.463. The van der Waals surface area contributed by atoms with Crippen LogP contribution in [0, 0.1) is 0 Å². The van der Waals surface area contributed by atoms with Crippen molar-refractivity contribution in [1.29, 1.82) is 0 Å². The van der Waals surface area contributed by atoms with Crippen LogP contribution >= 0.6 is 15.8 Å². The summed E-state index contributed by atoms with van der Waals surface area (Å²) in [5.74, 6) is 1.75. The lowest BCUT2D eigenvalue weighted by molar-refractivity contribution is 0.182. The van der Waals surface area contributed by atoms with Crippen LogP contribution in [0.4, 0.5) is 0 Å². The first-order chi connectivity index (χ1) is 20.8. The van der Waals surface area contributed by atoms with Crippen LogP contribution in [-0.4, -0.2) is 7.11 Å². The molecule has 0 fully saturated rings. The van der Waals surface area contributed by atoms with Crippen molar-refractivity contribution in [1.82, 2.24) is 0 Å². The highest BCUT2D eigenvalue weighted by Crippen LogP contribution is 2.42. The lowest BCUT2D eigenvalue weighted by atomic mass is 10.2. The van der Waals surface area contributed by atoms with Crippen LogP contribution in [0.1, 0.15) is 5.56 Å². The van der Waals surface area contributed by atoms with Crippen molar-refractivity contribution in [2.75, 3.05) is 7.11 Å². The first-order valence-corrected chi connectivity index (χ1v) is 16.7. The third kappa shape index (κ3) is 6.23. The summed E-state index contributed by atoms with van der Waals surface area (Å²) in [4.78, 5) is 0. The molecule has 0 saturated carbocycles. The van der Waals surface area contributed by atoms with Crippen LogP contribution in [0.5, 0.6) is 11.5 Å². The van der Waals surface area contributed by atoms with Gasteiger partial charge in [0.15, 0.2) is 0 Å². The first-order valence-electron chi connectivity index (χ1n) is 14.0. The number of ether oxygens (including phenoxy) is 2. The van der Waals surface area contributed by atoms with Gasteiger partial charge in [0.1, 0.15) is 11.5 Å². The molecular formula is C38H32O2P2. The fraction of sp³-hybridized carbons (Fsp3) is 0.0526. The Morgan fingerprint density at radius 3 is 1.31 bits per heavy atom. The molecule has 4 heteroatoms. The summed E-state index contributed by atoms with van der Waals surface area (Å²) < 4.78 is 12.8. The second kappa shape index (κ2) is 13.7. The van der Waals surface area contributed by atoms with Crippen molar-refractivity contribution >= 4 is 47.7 Å². The second-order valence-electron chi connectivity index (χ2n) is 9.78. The smallest absolute Gasteiger partial charge is 0.141 e. The van der Waals surface area contributed by atoms with Gasteiger partial charge in [-0.1, -0.05) is 158 Å². The Morgan fingerprint density at radius 2 is 0.833 bits per heavy atom. The Hall–Kier alpha value is -4.06. The molecule has 0 N–H and O–H groups in total. The molecule has 2 nitrogen and oxygen atoms in total. The molecule has 0 aliphatic carbocycles. The molecule has 0 heterocycles. The first kappa shape index (κ1) is 28.1. The largest absolute Gasteiger partial charge is 0.456 e. The average Bonchev–Trinajstić information content (AvgIpc) is 3.06. The Balaban J connectivity index is 1.52. The van der Waals surface area contributed by atoms with Crippen molar-refractivity contribution in [3.63, 3.8) is 0 Å². The predicted molar refractivity (Wildman–Crippen MR) is 181 cm³/mol. The van der Waals surface area contributed by atoms with Gasteiger partial charge in [-0.25, -0.2) is 0 Å². The van der Waals surface area contributed by atoms with Gasteiger partial charge >= 0.3 is 0 Å². The number of para-hydroxylation sites is 2. The lowest BCUT2D eigenvalue weighted by Gasteiger charge is -2.26. The standard InChI is InChI=1S/C38H32O2P2/c1-39-29-30-17-16-28-37(42(33-22-10-4-11-23-33)34-24-12-5-13-25-34)38(30)40-35-26-14-15-27-36(35)41(31-18-6-2-7-19-31)32-20-8-3-9-21-32/h2-28H,29H2,1H3. The Kier molecular flexibility index (Phi) is 9.18. The zero-order chi connectivity index (χ0) is 28.6. The van der Waals surface area contributed by atoms with Gasteiger partial charge in [0.2, 0.25) is 0 Å². The van der Waals surface area contributed by atoms with E-state index in [9.17, 15) is 0 Å². The van der Waals surface area contributed by atoms with Gasteiger partial charge < -0.3 is 9.47 Å². The molecule has 0 atom stereocenters. The minimum Gasteiger partial charge on any atom is -0.456 e. The monoisotopic (exact) mass is 582 g/mol. The van der Waals surface area contributed by atoms with Crippen molar-refractivity contribution in [2.24, 2.45) is 0 Å². The van der Waals surface area contributed by atoms with Gasteiger partial charge in [-0.3, -0.25) is 0 Å².